The van der Waals surface area contributed by atoms with Gasteiger partial charge in [0.05, 0.1) is 0 Å². The lowest BCUT2D eigenvalue weighted by atomic mass is 10.0. The van der Waals surface area contributed by atoms with Gasteiger partial charge in [0.1, 0.15) is 11.9 Å². The van der Waals surface area contributed by atoms with E-state index in [2.05, 4.69) is 67.2 Å². The zero-order valence-corrected chi connectivity index (χ0v) is 14.7. The molecule has 122 valence electrons. The van der Waals surface area contributed by atoms with Crippen LogP contribution in [0.1, 0.15) is 18.6 Å². The van der Waals surface area contributed by atoms with Gasteiger partial charge in [-0.1, -0.05) is 60.7 Å². The average molecular weight is 337 g/mol. The molecule has 3 nitrogen and oxygen atoms in total. The minimum absolute atomic E-state index is 0.0442. The molecule has 1 unspecified atom stereocenters. The van der Waals surface area contributed by atoms with E-state index < -0.39 is 8.53 Å². The third-order valence-corrected chi connectivity index (χ3v) is 6.18. The largest absolute Gasteiger partial charge is 0.436 e. The van der Waals surface area contributed by atoms with Crippen LogP contribution in [0.5, 0.6) is 5.75 Å². The number of nitrogens with zero attached hydrogens (tertiary/aromatic N) is 1. The third-order valence-electron chi connectivity index (χ3n) is 4.52. The Morgan fingerprint density at radius 3 is 2.42 bits per heavy atom. The molecule has 0 aromatic heterocycles. The first kappa shape index (κ1) is 15.6. The molecule has 0 spiro atoms. The molecule has 4 heteroatoms. The molecule has 1 fully saturated rings. The molecule has 0 radical (unpaired) electrons. The highest BCUT2D eigenvalue weighted by Gasteiger charge is 2.41. The summed E-state index contributed by atoms with van der Waals surface area (Å²) < 4.78 is 14.6. The zero-order chi connectivity index (χ0) is 16.5. The van der Waals surface area contributed by atoms with Gasteiger partial charge in [-0.3, -0.25) is 0 Å². The zero-order valence-electron chi connectivity index (χ0n) is 13.8. The summed E-state index contributed by atoms with van der Waals surface area (Å²) in [6.45, 7) is 2.18. The topological polar surface area (TPSA) is 21.7 Å². The van der Waals surface area contributed by atoms with Crippen molar-refractivity contribution in [3.63, 3.8) is 0 Å². The molecule has 1 saturated heterocycles. The van der Waals surface area contributed by atoms with E-state index in [0.29, 0.717) is 0 Å². The highest BCUT2D eigenvalue weighted by Crippen LogP contribution is 2.55. The molecule has 1 aliphatic rings. The van der Waals surface area contributed by atoms with E-state index in [1.165, 1.54) is 16.3 Å². The van der Waals surface area contributed by atoms with Crippen LogP contribution in [0, 0.1) is 0 Å². The van der Waals surface area contributed by atoms with E-state index in [4.69, 9.17) is 9.05 Å². The summed E-state index contributed by atoms with van der Waals surface area (Å²) in [4.78, 5) is 0. The van der Waals surface area contributed by atoms with Crippen LogP contribution in [-0.4, -0.2) is 17.8 Å². The molecule has 3 aromatic rings. The van der Waals surface area contributed by atoms with Gasteiger partial charge in [-0.05, 0) is 42.4 Å². The quantitative estimate of drug-likeness (QED) is 0.586. The van der Waals surface area contributed by atoms with Crippen LogP contribution in [-0.2, 0) is 4.52 Å². The van der Waals surface area contributed by atoms with E-state index in [-0.39, 0.29) is 12.1 Å². The van der Waals surface area contributed by atoms with Crippen molar-refractivity contribution in [2.45, 2.75) is 19.1 Å². The van der Waals surface area contributed by atoms with E-state index >= 15 is 0 Å². The van der Waals surface area contributed by atoms with Gasteiger partial charge in [0.25, 0.3) is 0 Å². The summed E-state index contributed by atoms with van der Waals surface area (Å²) in [5.74, 6) is 0.854. The van der Waals surface area contributed by atoms with Crippen LogP contribution in [0.3, 0.4) is 0 Å². The highest BCUT2D eigenvalue weighted by atomic mass is 31.2. The normalized spacial score (nSPS) is 24.3. The Labute approximate surface area is 143 Å². The van der Waals surface area contributed by atoms with Crippen molar-refractivity contribution in [1.82, 2.24) is 4.67 Å². The van der Waals surface area contributed by atoms with Crippen LogP contribution in [0.2, 0.25) is 0 Å². The monoisotopic (exact) mass is 337 g/mol. The predicted molar refractivity (Wildman–Crippen MR) is 99.0 cm³/mol. The number of hydrogen-bond acceptors (Lipinski definition) is 3. The molecule has 0 amide bonds. The third kappa shape index (κ3) is 2.91. The summed E-state index contributed by atoms with van der Waals surface area (Å²) in [6, 6.07) is 25.1. The first-order valence-electron chi connectivity index (χ1n) is 8.14. The minimum Gasteiger partial charge on any atom is -0.436 e. The SMILES string of the molecule is C[C@H]1[C@@H](c2ccccc2)OP(Oc2ccc3ccccc3c2)N1C. The van der Waals surface area contributed by atoms with Crippen molar-refractivity contribution in [2.24, 2.45) is 0 Å². The number of hydrogen-bond donors (Lipinski definition) is 0. The fraction of sp³-hybridized carbons (Fsp3) is 0.200. The van der Waals surface area contributed by atoms with Gasteiger partial charge in [-0.15, -0.1) is 0 Å². The smallest absolute Gasteiger partial charge is 0.321 e. The first-order valence-corrected chi connectivity index (χ1v) is 9.27. The standard InChI is InChI=1S/C20H20NO2P/c1-15-20(17-9-4-3-5-10-17)23-24(21(15)2)22-19-13-12-16-8-6-7-11-18(16)14-19/h3-15,20H,1-2H3/t15-,20-,24?/m0/s1. The number of rotatable bonds is 3. The maximum absolute atomic E-state index is 6.26. The predicted octanol–water partition coefficient (Wildman–Crippen LogP) is 5.54. The van der Waals surface area contributed by atoms with Crippen molar-refractivity contribution in [1.29, 1.82) is 0 Å². The summed E-state index contributed by atoms with van der Waals surface area (Å²) in [6.07, 6.45) is 0.0442. The Bertz CT molecular complexity index is 839. The van der Waals surface area contributed by atoms with Crippen LogP contribution >= 0.6 is 8.53 Å². The molecule has 0 saturated carbocycles. The van der Waals surface area contributed by atoms with Crippen LogP contribution in [0.4, 0.5) is 0 Å². The average Bonchev–Trinajstić information content (AvgIpc) is 2.91. The van der Waals surface area contributed by atoms with Crippen LogP contribution in [0.15, 0.2) is 72.8 Å². The number of fused-ring (bicyclic) bond motifs is 1. The minimum atomic E-state index is -1.11. The first-order chi connectivity index (χ1) is 11.7. The highest BCUT2D eigenvalue weighted by molar-refractivity contribution is 7.45. The molecular weight excluding hydrogens is 317 g/mol. The van der Waals surface area contributed by atoms with E-state index in [0.717, 1.165) is 5.75 Å². The van der Waals surface area contributed by atoms with Crippen LogP contribution in [0.25, 0.3) is 10.8 Å². The van der Waals surface area contributed by atoms with E-state index in [9.17, 15) is 0 Å². The lowest BCUT2D eigenvalue weighted by Crippen LogP contribution is -2.23. The van der Waals surface area contributed by atoms with Gasteiger partial charge in [0, 0.05) is 6.04 Å². The Morgan fingerprint density at radius 1 is 0.917 bits per heavy atom. The Hall–Kier alpha value is -1.93. The molecule has 3 atom stereocenters. The summed E-state index contributed by atoms with van der Waals surface area (Å²) in [5, 5.41) is 2.40. The molecule has 1 heterocycles. The van der Waals surface area contributed by atoms with Crippen molar-refractivity contribution < 1.29 is 9.05 Å². The van der Waals surface area contributed by atoms with Crippen molar-refractivity contribution in [3.8, 4) is 5.75 Å². The molecular formula is C20H20NO2P. The molecule has 3 aromatic carbocycles. The van der Waals surface area contributed by atoms with Gasteiger partial charge in [0.2, 0.25) is 0 Å². The molecule has 4 rings (SSSR count). The van der Waals surface area contributed by atoms with Gasteiger partial charge in [0.15, 0.2) is 0 Å². The van der Waals surface area contributed by atoms with E-state index in [1.54, 1.807) is 0 Å². The van der Waals surface area contributed by atoms with Gasteiger partial charge >= 0.3 is 8.53 Å². The van der Waals surface area contributed by atoms with Crippen molar-refractivity contribution >= 4 is 19.3 Å². The van der Waals surface area contributed by atoms with Crippen LogP contribution < -0.4 is 4.52 Å². The molecule has 0 bridgehead atoms. The second-order valence-electron chi connectivity index (χ2n) is 6.09. The fourth-order valence-electron chi connectivity index (χ4n) is 2.99. The lowest BCUT2D eigenvalue weighted by molar-refractivity contribution is 0.210. The second-order valence-corrected chi connectivity index (χ2v) is 7.59. The van der Waals surface area contributed by atoms with Crippen molar-refractivity contribution in [3.05, 3.63) is 78.4 Å². The second kappa shape index (κ2) is 6.52. The Morgan fingerprint density at radius 2 is 1.62 bits per heavy atom. The molecule has 1 aliphatic heterocycles. The van der Waals surface area contributed by atoms with Gasteiger partial charge in [-0.2, -0.15) is 0 Å². The summed E-state index contributed by atoms with van der Waals surface area (Å²) >= 11 is 0. The maximum atomic E-state index is 6.26. The molecule has 24 heavy (non-hydrogen) atoms. The Balaban J connectivity index is 1.55. The van der Waals surface area contributed by atoms with Gasteiger partial charge < -0.3 is 9.05 Å². The fourth-order valence-corrected chi connectivity index (χ4v) is 4.51. The Kier molecular flexibility index (Phi) is 4.24. The summed E-state index contributed by atoms with van der Waals surface area (Å²) in [7, 11) is 0.963. The van der Waals surface area contributed by atoms with E-state index in [1.807, 2.05) is 24.3 Å². The lowest BCUT2D eigenvalue weighted by Gasteiger charge is -2.19. The van der Waals surface area contributed by atoms with Gasteiger partial charge in [-0.25, -0.2) is 4.67 Å². The molecule has 0 N–H and O–H groups in total. The summed E-state index contributed by atoms with van der Waals surface area (Å²) in [5.41, 5.74) is 1.20. The maximum Gasteiger partial charge on any atom is 0.321 e. The molecule has 0 aliphatic carbocycles. The number of benzene rings is 3. The van der Waals surface area contributed by atoms with Crippen molar-refractivity contribution in [2.75, 3.05) is 7.05 Å². The number of likely N-dealkylation sites (N-methyl/N-ethyl adjacent to an activating group) is 1.